The van der Waals surface area contributed by atoms with Crippen molar-refractivity contribution in [3.8, 4) is 5.75 Å². The third kappa shape index (κ3) is 6.12. The van der Waals surface area contributed by atoms with Crippen LogP contribution in [0, 0.1) is 10.1 Å². The van der Waals surface area contributed by atoms with Gasteiger partial charge in [-0.15, -0.1) is 0 Å². The predicted octanol–water partition coefficient (Wildman–Crippen LogP) is 1.48. The standard InChI is InChI=1S/C17H16N4O6/c1-26-14-5-3-2-4-12(14)6-8-15(22)18-11-16(23)20-19-10-13-7-9-17(27-13)21(24)25/h2-10H,11H2,1H3,(H,18,22)(H,20,23). The molecule has 1 aromatic carbocycles. The van der Waals surface area contributed by atoms with Gasteiger partial charge in [0.05, 0.1) is 25.9 Å². The highest BCUT2D eigenvalue weighted by Gasteiger charge is 2.10. The van der Waals surface area contributed by atoms with E-state index in [0.29, 0.717) is 5.75 Å². The molecule has 2 aromatic rings. The molecule has 2 amide bonds. The zero-order valence-electron chi connectivity index (χ0n) is 14.2. The van der Waals surface area contributed by atoms with Gasteiger partial charge in [-0.25, -0.2) is 5.43 Å². The van der Waals surface area contributed by atoms with Gasteiger partial charge in [-0.1, -0.05) is 18.2 Å². The molecule has 140 valence electrons. The Bertz CT molecular complexity index is 887. The molecule has 0 fully saturated rings. The lowest BCUT2D eigenvalue weighted by Gasteiger charge is -2.03. The minimum atomic E-state index is -0.690. The van der Waals surface area contributed by atoms with E-state index in [1.54, 1.807) is 24.3 Å². The molecule has 0 radical (unpaired) electrons. The number of benzene rings is 1. The number of methoxy groups -OCH3 is 1. The second kappa shape index (κ2) is 9.51. The highest BCUT2D eigenvalue weighted by Crippen LogP contribution is 2.18. The first-order chi connectivity index (χ1) is 13.0. The molecule has 2 rings (SSSR count). The quantitative estimate of drug-likeness (QED) is 0.312. The van der Waals surface area contributed by atoms with Crippen molar-refractivity contribution in [1.29, 1.82) is 0 Å². The second-order valence-electron chi connectivity index (χ2n) is 5.02. The molecule has 0 aliphatic rings. The number of hydrogen-bond acceptors (Lipinski definition) is 7. The summed E-state index contributed by atoms with van der Waals surface area (Å²) in [5.41, 5.74) is 2.88. The van der Waals surface area contributed by atoms with E-state index in [9.17, 15) is 19.7 Å². The summed E-state index contributed by atoms with van der Waals surface area (Å²) >= 11 is 0. The van der Waals surface area contributed by atoms with Crippen LogP contribution in [0.5, 0.6) is 5.75 Å². The smallest absolute Gasteiger partial charge is 0.433 e. The number of furan rings is 1. The molecule has 0 spiro atoms. The van der Waals surface area contributed by atoms with Crippen LogP contribution in [-0.2, 0) is 9.59 Å². The van der Waals surface area contributed by atoms with Crippen molar-refractivity contribution >= 4 is 30.0 Å². The Morgan fingerprint density at radius 2 is 2.07 bits per heavy atom. The monoisotopic (exact) mass is 372 g/mol. The molecule has 2 N–H and O–H groups in total. The summed E-state index contributed by atoms with van der Waals surface area (Å²) in [6, 6.07) is 9.65. The number of nitro groups is 1. The molecule has 0 aliphatic carbocycles. The Morgan fingerprint density at radius 3 is 2.78 bits per heavy atom. The summed E-state index contributed by atoms with van der Waals surface area (Å²) in [5, 5.41) is 16.4. The first-order valence-corrected chi connectivity index (χ1v) is 7.64. The van der Waals surface area contributed by atoms with Crippen molar-refractivity contribution in [3.63, 3.8) is 0 Å². The van der Waals surface area contributed by atoms with E-state index in [1.165, 1.54) is 19.3 Å². The van der Waals surface area contributed by atoms with Gasteiger partial charge in [0.25, 0.3) is 5.91 Å². The van der Waals surface area contributed by atoms with Crippen molar-refractivity contribution in [3.05, 3.63) is 63.9 Å². The van der Waals surface area contributed by atoms with Gasteiger partial charge in [0, 0.05) is 11.6 Å². The minimum Gasteiger partial charge on any atom is -0.496 e. The number of hydrazone groups is 1. The molecule has 1 heterocycles. The zero-order chi connectivity index (χ0) is 19.6. The normalized spacial score (nSPS) is 10.9. The van der Waals surface area contributed by atoms with Gasteiger partial charge in [0.1, 0.15) is 10.7 Å². The maximum absolute atomic E-state index is 11.7. The highest BCUT2D eigenvalue weighted by molar-refractivity contribution is 5.94. The SMILES string of the molecule is COc1ccccc1C=CC(=O)NCC(=O)NN=Cc1ccc([N+](=O)[O-])o1. The van der Waals surface area contributed by atoms with Crippen molar-refractivity contribution < 1.29 is 23.7 Å². The average molecular weight is 372 g/mol. The molecule has 27 heavy (non-hydrogen) atoms. The number of carbonyl (C=O) groups excluding carboxylic acids is 2. The fraction of sp³-hybridized carbons (Fsp3) is 0.118. The Morgan fingerprint density at radius 1 is 1.30 bits per heavy atom. The molecule has 0 bridgehead atoms. The summed E-state index contributed by atoms with van der Waals surface area (Å²) in [6.45, 7) is -0.301. The van der Waals surface area contributed by atoms with Crippen LogP contribution in [0.2, 0.25) is 0 Å². The second-order valence-corrected chi connectivity index (χ2v) is 5.02. The van der Waals surface area contributed by atoms with Crippen LogP contribution in [0.15, 0.2) is 52.0 Å². The van der Waals surface area contributed by atoms with Crippen LogP contribution in [-0.4, -0.2) is 36.6 Å². The van der Waals surface area contributed by atoms with E-state index < -0.39 is 22.6 Å². The van der Waals surface area contributed by atoms with Gasteiger partial charge in [-0.05, 0) is 18.2 Å². The third-order valence-corrected chi connectivity index (χ3v) is 3.15. The number of nitrogens with zero attached hydrogens (tertiary/aromatic N) is 2. The van der Waals surface area contributed by atoms with Gasteiger partial charge >= 0.3 is 5.88 Å². The maximum Gasteiger partial charge on any atom is 0.433 e. The number of nitrogens with one attached hydrogen (secondary N) is 2. The number of rotatable bonds is 8. The molecule has 1 aromatic heterocycles. The number of para-hydroxylation sites is 1. The van der Waals surface area contributed by atoms with Crippen LogP contribution < -0.4 is 15.5 Å². The first kappa shape index (κ1) is 19.4. The molecular formula is C17H16N4O6. The van der Waals surface area contributed by atoms with Gasteiger partial charge in [0.15, 0.2) is 5.76 Å². The Balaban J connectivity index is 1.77. The minimum absolute atomic E-state index is 0.103. The Kier molecular flexibility index (Phi) is 6.83. The van der Waals surface area contributed by atoms with Crippen molar-refractivity contribution in [1.82, 2.24) is 10.7 Å². The fourth-order valence-corrected chi connectivity index (χ4v) is 1.91. The number of amides is 2. The molecule has 0 saturated heterocycles. The van der Waals surface area contributed by atoms with Crippen molar-refractivity contribution in [2.24, 2.45) is 5.10 Å². The molecule has 0 unspecified atom stereocenters. The van der Waals surface area contributed by atoms with Gasteiger partial charge < -0.3 is 14.5 Å². The maximum atomic E-state index is 11.7. The third-order valence-electron chi connectivity index (χ3n) is 3.15. The highest BCUT2D eigenvalue weighted by atomic mass is 16.6. The first-order valence-electron chi connectivity index (χ1n) is 7.64. The molecule has 0 saturated carbocycles. The van der Waals surface area contributed by atoms with Crippen LogP contribution in [0.3, 0.4) is 0 Å². The average Bonchev–Trinajstić information content (AvgIpc) is 3.14. The van der Waals surface area contributed by atoms with Crippen molar-refractivity contribution in [2.75, 3.05) is 13.7 Å². The van der Waals surface area contributed by atoms with Gasteiger partial charge in [-0.2, -0.15) is 5.10 Å². The summed E-state index contributed by atoms with van der Waals surface area (Å²) in [4.78, 5) is 33.1. The molecule has 0 atom stereocenters. The predicted molar refractivity (Wildman–Crippen MR) is 96.1 cm³/mol. The summed E-state index contributed by atoms with van der Waals surface area (Å²) in [6.07, 6.45) is 3.94. The van der Waals surface area contributed by atoms with Gasteiger partial charge in [0.2, 0.25) is 5.91 Å². The van der Waals surface area contributed by atoms with E-state index in [4.69, 9.17) is 9.15 Å². The summed E-state index contributed by atoms with van der Waals surface area (Å²) in [7, 11) is 1.53. The lowest BCUT2D eigenvalue weighted by atomic mass is 10.2. The van der Waals surface area contributed by atoms with E-state index in [-0.39, 0.29) is 12.3 Å². The molecule has 10 nitrogen and oxygen atoms in total. The summed E-state index contributed by atoms with van der Waals surface area (Å²) < 4.78 is 9.99. The zero-order valence-corrected chi connectivity index (χ0v) is 14.2. The molecule has 0 aliphatic heterocycles. The van der Waals surface area contributed by atoms with Gasteiger partial charge in [-0.3, -0.25) is 19.7 Å². The summed E-state index contributed by atoms with van der Waals surface area (Å²) in [5.74, 6) is -0.762. The largest absolute Gasteiger partial charge is 0.496 e. The van der Waals surface area contributed by atoms with E-state index >= 15 is 0 Å². The van der Waals surface area contributed by atoms with Crippen LogP contribution in [0.1, 0.15) is 11.3 Å². The van der Waals surface area contributed by atoms with E-state index in [1.807, 2.05) is 6.07 Å². The number of ether oxygens (including phenoxy) is 1. The van der Waals surface area contributed by atoms with E-state index in [2.05, 4.69) is 15.8 Å². The molecule has 10 heteroatoms. The lowest BCUT2D eigenvalue weighted by Crippen LogP contribution is -2.34. The fourth-order valence-electron chi connectivity index (χ4n) is 1.91. The number of carbonyl (C=O) groups is 2. The Labute approximate surface area is 153 Å². The Hall–Kier alpha value is -3.95. The van der Waals surface area contributed by atoms with Crippen molar-refractivity contribution in [2.45, 2.75) is 0 Å². The van der Waals surface area contributed by atoms with Crippen LogP contribution in [0.4, 0.5) is 5.88 Å². The van der Waals surface area contributed by atoms with Crippen LogP contribution >= 0.6 is 0 Å². The topological polar surface area (TPSA) is 136 Å². The number of hydrogen-bond donors (Lipinski definition) is 2. The van der Waals surface area contributed by atoms with E-state index in [0.717, 1.165) is 17.8 Å². The lowest BCUT2D eigenvalue weighted by molar-refractivity contribution is -0.402. The molecular weight excluding hydrogens is 356 g/mol. The van der Waals surface area contributed by atoms with Crippen LogP contribution in [0.25, 0.3) is 6.08 Å².